The predicted octanol–water partition coefficient (Wildman–Crippen LogP) is 1.84. The molecule has 0 aromatic carbocycles. The smallest absolute Gasteiger partial charge is 0.153 e. The van der Waals surface area contributed by atoms with Crippen LogP contribution in [0.15, 0.2) is 0 Å². The highest BCUT2D eigenvalue weighted by molar-refractivity contribution is 7.91. The lowest BCUT2D eigenvalue weighted by molar-refractivity contribution is 0.0248. The van der Waals surface area contributed by atoms with Gasteiger partial charge in [-0.05, 0) is 19.8 Å². The summed E-state index contributed by atoms with van der Waals surface area (Å²) >= 11 is 0. The standard InChI is InChI=1S/C14H27NO3S/c1-13-12-19(16,17)11-9-15(13)8-10-18-14-6-4-2-3-5-7-14/h13-14H,2-12H2,1H3. The minimum Gasteiger partial charge on any atom is -0.377 e. The second-order valence-corrected chi connectivity index (χ2v) is 8.21. The molecule has 19 heavy (non-hydrogen) atoms. The van der Waals surface area contributed by atoms with Gasteiger partial charge in [0.05, 0.1) is 24.2 Å². The van der Waals surface area contributed by atoms with Crippen LogP contribution in [0.2, 0.25) is 0 Å². The van der Waals surface area contributed by atoms with Crippen LogP contribution >= 0.6 is 0 Å². The van der Waals surface area contributed by atoms with Crippen molar-refractivity contribution in [3.8, 4) is 0 Å². The van der Waals surface area contributed by atoms with Gasteiger partial charge in [-0.2, -0.15) is 0 Å². The first kappa shape index (κ1) is 15.3. The normalized spacial score (nSPS) is 30.1. The minimum atomic E-state index is -2.80. The Morgan fingerprint density at radius 1 is 1.16 bits per heavy atom. The van der Waals surface area contributed by atoms with Gasteiger partial charge in [0.1, 0.15) is 0 Å². The molecule has 1 heterocycles. The summed E-state index contributed by atoms with van der Waals surface area (Å²) in [4.78, 5) is 2.25. The van der Waals surface area contributed by atoms with Crippen LogP contribution in [0.3, 0.4) is 0 Å². The van der Waals surface area contributed by atoms with Crippen molar-refractivity contribution in [2.24, 2.45) is 0 Å². The summed E-state index contributed by atoms with van der Waals surface area (Å²) in [6.07, 6.45) is 8.12. The summed E-state index contributed by atoms with van der Waals surface area (Å²) in [5, 5.41) is 0. The molecule has 5 heteroatoms. The largest absolute Gasteiger partial charge is 0.377 e. The van der Waals surface area contributed by atoms with E-state index in [1.165, 1.54) is 38.5 Å². The van der Waals surface area contributed by atoms with Gasteiger partial charge in [-0.1, -0.05) is 25.7 Å². The molecule has 1 aliphatic carbocycles. The van der Waals surface area contributed by atoms with Crippen LogP contribution in [0.25, 0.3) is 0 Å². The number of nitrogens with zero attached hydrogens (tertiary/aromatic N) is 1. The fourth-order valence-electron chi connectivity index (χ4n) is 3.11. The number of ether oxygens (including phenoxy) is 1. The van der Waals surface area contributed by atoms with E-state index in [9.17, 15) is 8.42 Å². The van der Waals surface area contributed by atoms with E-state index in [1.54, 1.807) is 0 Å². The van der Waals surface area contributed by atoms with Crippen LogP contribution in [0.4, 0.5) is 0 Å². The zero-order valence-electron chi connectivity index (χ0n) is 12.0. The number of hydrogen-bond donors (Lipinski definition) is 0. The van der Waals surface area contributed by atoms with Crippen LogP contribution in [0.1, 0.15) is 45.4 Å². The monoisotopic (exact) mass is 289 g/mol. The molecule has 1 unspecified atom stereocenters. The average Bonchev–Trinajstić information content (AvgIpc) is 2.60. The van der Waals surface area contributed by atoms with Gasteiger partial charge in [-0.15, -0.1) is 0 Å². The van der Waals surface area contributed by atoms with E-state index >= 15 is 0 Å². The van der Waals surface area contributed by atoms with Crippen LogP contribution in [-0.2, 0) is 14.6 Å². The lowest BCUT2D eigenvalue weighted by atomic mass is 10.1. The molecule has 0 amide bonds. The Morgan fingerprint density at radius 3 is 2.47 bits per heavy atom. The summed E-state index contributed by atoms with van der Waals surface area (Å²) in [5.41, 5.74) is 0. The van der Waals surface area contributed by atoms with Crippen molar-refractivity contribution in [1.82, 2.24) is 4.90 Å². The Kier molecular flexibility index (Phi) is 5.66. The van der Waals surface area contributed by atoms with Crippen LogP contribution in [0.5, 0.6) is 0 Å². The van der Waals surface area contributed by atoms with E-state index in [0.717, 1.165) is 13.2 Å². The molecule has 1 saturated heterocycles. The topological polar surface area (TPSA) is 46.6 Å². The molecule has 2 aliphatic rings. The Bertz CT molecular complexity index is 361. The van der Waals surface area contributed by atoms with Crippen LogP contribution in [0, 0.1) is 0 Å². The third-order valence-electron chi connectivity index (χ3n) is 4.34. The van der Waals surface area contributed by atoms with Crippen molar-refractivity contribution < 1.29 is 13.2 Å². The fourth-order valence-corrected chi connectivity index (χ4v) is 4.74. The van der Waals surface area contributed by atoms with E-state index in [0.29, 0.717) is 24.2 Å². The van der Waals surface area contributed by atoms with Gasteiger partial charge in [0.25, 0.3) is 0 Å². The van der Waals surface area contributed by atoms with Gasteiger partial charge in [0.15, 0.2) is 9.84 Å². The fraction of sp³-hybridized carbons (Fsp3) is 1.00. The second kappa shape index (κ2) is 7.04. The van der Waals surface area contributed by atoms with Gasteiger partial charge < -0.3 is 4.74 Å². The van der Waals surface area contributed by atoms with E-state index in [2.05, 4.69) is 4.90 Å². The first-order valence-corrected chi connectivity index (χ1v) is 9.45. The summed E-state index contributed by atoms with van der Waals surface area (Å²) in [6.45, 7) is 4.28. The highest BCUT2D eigenvalue weighted by Crippen LogP contribution is 2.20. The van der Waals surface area contributed by atoms with Crippen LogP contribution < -0.4 is 0 Å². The van der Waals surface area contributed by atoms with Crippen molar-refractivity contribution >= 4 is 9.84 Å². The molecule has 112 valence electrons. The number of hydrogen-bond acceptors (Lipinski definition) is 4. The van der Waals surface area contributed by atoms with Gasteiger partial charge in [-0.25, -0.2) is 8.42 Å². The second-order valence-electron chi connectivity index (χ2n) is 5.98. The first-order chi connectivity index (χ1) is 9.07. The van der Waals surface area contributed by atoms with Crippen molar-refractivity contribution in [3.05, 3.63) is 0 Å². The summed E-state index contributed by atoms with van der Waals surface area (Å²) < 4.78 is 29.0. The molecule has 2 rings (SSSR count). The SMILES string of the molecule is CC1CS(=O)(=O)CCN1CCOC1CCCCCC1. The highest BCUT2D eigenvalue weighted by atomic mass is 32.2. The summed E-state index contributed by atoms with van der Waals surface area (Å²) in [7, 11) is -2.80. The Labute approximate surface area is 117 Å². The minimum absolute atomic E-state index is 0.136. The molecule has 0 aromatic heterocycles. The Morgan fingerprint density at radius 2 is 1.84 bits per heavy atom. The van der Waals surface area contributed by atoms with Crippen molar-refractivity contribution in [2.45, 2.75) is 57.6 Å². The molecule has 0 N–H and O–H groups in total. The van der Waals surface area contributed by atoms with E-state index in [1.807, 2.05) is 6.92 Å². The van der Waals surface area contributed by atoms with Gasteiger partial charge in [0, 0.05) is 19.1 Å². The summed E-state index contributed by atoms with van der Waals surface area (Å²) in [5.74, 6) is 0.608. The van der Waals surface area contributed by atoms with Crippen molar-refractivity contribution in [1.29, 1.82) is 0 Å². The van der Waals surface area contributed by atoms with Crippen LogP contribution in [-0.4, -0.2) is 56.7 Å². The molecule has 0 spiro atoms. The molecular formula is C14H27NO3S. The first-order valence-electron chi connectivity index (χ1n) is 7.63. The molecule has 1 saturated carbocycles. The van der Waals surface area contributed by atoms with Crippen molar-refractivity contribution in [3.63, 3.8) is 0 Å². The molecule has 2 fully saturated rings. The van der Waals surface area contributed by atoms with Crippen molar-refractivity contribution in [2.75, 3.05) is 31.2 Å². The molecule has 1 aliphatic heterocycles. The molecule has 4 nitrogen and oxygen atoms in total. The van der Waals surface area contributed by atoms with E-state index < -0.39 is 9.84 Å². The Balaban J connectivity index is 1.68. The molecule has 1 atom stereocenters. The van der Waals surface area contributed by atoms with Gasteiger partial charge >= 0.3 is 0 Å². The lowest BCUT2D eigenvalue weighted by Gasteiger charge is -2.33. The zero-order valence-corrected chi connectivity index (χ0v) is 12.8. The lowest BCUT2D eigenvalue weighted by Crippen LogP contribution is -2.48. The highest BCUT2D eigenvalue weighted by Gasteiger charge is 2.27. The maximum absolute atomic E-state index is 11.5. The predicted molar refractivity (Wildman–Crippen MR) is 77.1 cm³/mol. The maximum atomic E-state index is 11.5. The summed E-state index contributed by atoms with van der Waals surface area (Å²) in [6, 6.07) is 0.136. The molecular weight excluding hydrogens is 262 g/mol. The zero-order chi connectivity index (χ0) is 13.7. The third-order valence-corrected chi connectivity index (χ3v) is 6.14. The maximum Gasteiger partial charge on any atom is 0.153 e. The van der Waals surface area contributed by atoms with E-state index in [-0.39, 0.29) is 6.04 Å². The number of rotatable bonds is 4. The van der Waals surface area contributed by atoms with Gasteiger partial charge in [0.2, 0.25) is 0 Å². The molecule has 0 aromatic rings. The number of sulfone groups is 1. The average molecular weight is 289 g/mol. The third kappa shape index (κ3) is 5.04. The molecule has 0 bridgehead atoms. The van der Waals surface area contributed by atoms with Gasteiger partial charge in [-0.3, -0.25) is 4.90 Å². The quantitative estimate of drug-likeness (QED) is 0.741. The Hall–Kier alpha value is -0.130. The molecule has 0 radical (unpaired) electrons. The van der Waals surface area contributed by atoms with E-state index in [4.69, 9.17) is 4.74 Å².